The van der Waals surface area contributed by atoms with Crippen molar-refractivity contribution in [1.29, 1.82) is 0 Å². The van der Waals surface area contributed by atoms with E-state index in [1.165, 1.54) is 6.08 Å². The van der Waals surface area contributed by atoms with Gasteiger partial charge in [0.1, 0.15) is 12.3 Å². The van der Waals surface area contributed by atoms with Crippen LogP contribution in [0.4, 0.5) is 10.7 Å². The van der Waals surface area contributed by atoms with Gasteiger partial charge in [-0.2, -0.15) is 0 Å². The summed E-state index contributed by atoms with van der Waals surface area (Å²) in [5.41, 5.74) is 0. The maximum Gasteiger partial charge on any atom is 0.326 e. The molecule has 3 heterocycles. The first kappa shape index (κ1) is 18.5. The van der Waals surface area contributed by atoms with Crippen LogP contribution in [0.3, 0.4) is 0 Å². The third kappa shape index (κ3) is 4.28. The Bertz CT molecular complexity index is 735. The summed E-state index contributed by atoms with van der Waals surface area (Å²) in [6.07, 6.45) is 1.21. The monoisotopic (exact) mass is 380 g/mol. The van der Waals surface area contributed by atoms with Gasteiger partial charge in [-0.3, -0.25) is 19.3 Å². The predicted molar refractivity (Wildman–Crippen MR) is 95.6 cm³/mol. The third-order valence-electron chi connectivity index (χ3n) is 3.74. The Labute approximate surface area is 155 Å². The zero-order chi connectivity index (χ0) is 18.7. The van der Waals surface area contributed by atoms with Crippen LogP contribution in [-0.4, -0.2) is 61.0 Å². The van der Waals surface area contributed by atoms with Crippen molar-refractivity contribution in [3.63, 3.8) is 0 Å². The zero-order valence-electron chi connectivity index (χ0n) is 14.6. The van der Waals surface area contributed by atoms with Gasteiger partial charge >= 0.3 is 5.97 Å². The number of carbonyl (C=O) groups excluding carboxylic acids is 3. The fraction of sp³-hybridized carbons (Fsp3) is 0.471. The molecule has 2 aliphatic heterocycles. The molecule has 0 radical (unpaired) electrons. The number of morpholine rings is 1. The van der Waals surface area contributed by atoms with E-state index in [2.05, 4.69) is 4.90 Å². The Morgan fingerprint density at radius 3 is 2.73 bits per heavy atom. The lowest BCUT2D eigenvalue weighted by Crippen LogP contribution is -2.35. The highest BCUT2D eigenvalue weighted by Crippen LogP contribution is 2.33. The van der Waals surface area contributed by atoms with Crippen LogP contribution in [0.5, 0.6) is 0 Å². The van der Waals surface area contributed by atoms with Gasteiger partial charge in [0.15, 0.2) is 5.88 Å². The Morgan fingerprint density at radius 2 is 2.04 bits per heavy atom. The number of nitrogens with zero attached hydrogens (tertiary/aromatic N) is 2. The van der Waals surface area contributed by atoms with E-state index in [-0.39, 0.29) is 11.0 Å². The van der Waals surface area contributed by atoms with Gasteiger partial charge in [0.2, 0.25) is 0 Å². The first-order valence-corrected chi connectivity index (χ1v) is 9.13. The second kappa shape index (κ2) is 7.96. The average molecular weight is 380 g/mol. The van der Waals surface area contributed by atoms with Crippen LogP contribution < -0.4 is 4.90 Å². The van der Waals surface area contributed by atoms with E-state index >= 15 is 0 Å². The second-order valence-electron chi connectivity index (χ2n) is 6.08. The van der Waals surface area contributed by atoms with Gasteiger partial charge in [0.05, 0.1) is 24.2 Å². The van der Waals surface area contributed by atoms with Gasteiger partial charge in [-0.1, -0.05) is 0 Å². The Kier molecular flexibility index (Phi) is 5.67. The maximum atomic E-state index is 12.4. The Balaban J connectivity index is 1.67. The number of esters is 1. The molecule has 2 amide bonds. The minimum Gasteiger partial charge on any atom is -0.462 e. The van der Waals surface area contributed by atoms with Gasteiger partial charge in [-0.25, -0.2) is 0 Å². The van der Waals surface area contributed by atoms with Crippen molar-refractivity contribution in [1.82, 2.24) is 4.90 Å². The zero-order valence-corrected chi connectivity index (χ0v) is 15.4. The van der Waals surface area contributed by atoms with Gasteiger partial charge in [0.25, 0.3) is 11.1 Å². The molecule has 2 aliphatic rings. The van der Waals surface area contributed by atoms with Crippen LogP contribution in [0, 0.1) is 0 Å². The van der Waals surface area contributed by atoms with E-state index in [9.17, 15) is 14.4 Å². The molecule has 0 spiro atoms. The molecular weight excluding hydrogens is 360 g/mol. The van der Waals surface area contributed by atoms with Gasteiger partial charge in [-0.15, -0.1) is 0 Å². The lowest BCUT2D eigenvalue weighted by Gasteiger charge is -2.26. The first-order valence-electron chi connectivity index (χ1n) is 8.31. The van der Waals surface area contributed by atoms with Crippen molar-refractivity contribution in [3.05, 3.63) is 22.8 Å². The number of furan rings is 1. The SMILES string of the molecule is CC(C)OC(=O)CN1C(=O)S/C(=C/c2ccc(N3CCOCC3)o2)C1=O. The number of thioether (sulfide) groups is 1. The van der Waals surface area contributed by atoms with Crippen LogP contribution in [0.1, 0.15) is 19.6 Å². The number of hydrogen-bond acceptors (Lipinski definition) is 8. The molecule has 1 aromatic rings. The van der Waals surface area contributed by atoms with E-state index in [1.54, 1.807) is 19.9 Å². The minimum atomic E-state index is -0.615. The molecule has 0 aromatic carbocycles. The molecule has 8 nitrogen and oxygen atoms in total. The van der Waals surface area contributed by atoms with Gasteiger partial charge in [0, 0.05) is 25.2 Å². The van der Waals surface area contributed by atoms with Crippen LogP contribution in [0.25, 0.3) is 6.08 Å². The predicted octanol–water partition coefficient (Wildman–Crippen LogP) is 2.10. The molecule has 140 valence electrons. The molecule has 0 atom stereocenters. The maximum absolute atomic E-state index is 12.4. The van der Waals surface area contributed by atoms with Gasteiger partial charge < -0.3 is 18.8 Å². The molecule has 2 fully saturated rings. The topological polar surface area (TPSA) is 89.3 Å². The average Bonchev–Trinajstić information content (AvgIpc) is 3.16. The summed E-state index contributed by atoms with van der Waals surface area (Å²) in [5.74, 6) is 0.0298. The summed E-state index contributed by atoms with van der Waals surface area (Å²) in [4.78, 5) is 39.3. The molecule has 0 N–H and O–H groups in total. The Hall–Kier alpha value is -2.26. The molecule has 0 unspecified atom stereocenters. The minimum absolute atomic E-state index is 0.218. The quantitative estimate of drug-likeness (QED) is 0.567. The summed E-state index contributed by atoms with van der Waals surface area (Å²) in [6, 6.07) is 3.56. The van der Waals surface area contributed by atoms with Crippen LogP contribution in [0.15, 0.2) is 21.5 Å². The Morgan fingerprint density at radius 1 is 1.31 bits per heavy atom. The highest BCUT2D eigenvalue weighted by atomic mass is 32.2. The van der Waals surface area contributed by atoms with E-state index in [0.29, 0.717) is 24.9 Å². The first-order chi connectivity index (χ1) is 12.4. The molecule has 26 heavy (non-hydrogen) atoms. The number of carbonyl (C=O) groups is 3. The van der Waals surface area contributed by atoms with Crippen LogP contribution in [-0.2, 0) is 19.1 Å². The van der Waals surface area contributed by atoms with Crippen molar-refractivity contribution < 1.29 is 28.3 Å². The summed E-state index contributed by atoms with van der Waals surface area (Å²) < 4.78 is 16.0. The molecule has 1 aromatic heterocycles. The standard InChI is InChI=1S/C17H20N2O6S/c1-11(2)24-15(20)10-19-16(21)13(26-17(19)22)9-12-3-4-14(25-12)18-5-7-23-8-6-18/h3-4,9,11H,5-8,10H2,1-2H3/b13-9+. The number of imide groups is 1. The smallest absolute Gasteiger partial charge is 0.326 e. The normalized spacial score (nSPS) is 19.7. The summed E-state index contributed by atoms with van der Waals surface area (Å²) in [7, 11) is 0. The summed E-state index contributed by atoms with van der Waals surface area (Å²) in [5, 5.41) is -0.498. The van der Waals surface area contributed by atoms with E-state index in [0.717, 1.165) is 29.8 Å². The number of ether oxygens (including phenoxy) is 2. The van der Waals surface area contributed by atoms with Crippen molar-refractivity contribution in [3.8, 4) is 0 Å². The number of rotatable bonds is 5. The summed E-state index contributed by atoms with van der Waals surface area (Å²) in [6.45, 7) is 5.77. The molecular formula is C17H20N2O6S. The number of hydrogen-bond donors (Lipinski definition) is 0. The van der Waals surface area contributed by atoms with Crippen molar-refractivity contribution in [2.45, 2.75) is 20.0 Å². The van der Waals surface area contributed by atoms with Gasteiger partial charge in [-0.05, 0) is 31.7 Å². The lowest BCUT2D eigenvalue weighted by molar-refractivity contribution is -0.149. The molecule has 2 saturated heterocycles. The lowest BCUT2D eigenvalue weighted by atomic mass is 10.3. The molecule has 0 bridgehead atoms. The molecule has 9 heteroatoms. The van der Waals surface area contributed by atoms with Crippen LogP contribution >= 0.6 is 11.8 Å². The van der Waals surface area contributed by atoms with Crippen molar-refractivity contribution in [2.24, 2.45) is 0 Å². The van der Waals surface area contributed by atoms with E-state index in [1.807, 2.05) is 6.07 Å². The van der Waals surface area contributed by atoms with Crippen molar-refractivity contribution in [2.75, 3.05) is 37.7 Å². The highest BCUT2D eigenvalue weighted by Gasteiger charge is 2.37. The summed E-state index contributed by atoms with van der Waals surface area (Å²) >= 11 is 0.780. The molecule has 0 aliphatic carbocycles. The fourth-order valence-corrected chi connectivity index (χ4v) is 3.39. The second-order valence-corrected chi connectivity index (χ2v) is 7.08. The van der Waals surface area contributed by atoms with Crippen molar-refractivity contribution >= 4 is 40.8 Å². The van der Waals surface area contributed by atoms with E-state index in [4.69, 9.17) is 13.9 Å². The largest absolute Gasteiger partial charge is 0.462 e. The highest BCUT2D eigenvalue weighted by molar-refractivity contribution is 8.18. The molecule has 3 rings (SSSR count). The van der Waals surface area contributed by atoms with Crippen LogP contribution in [0.2, 0.25) is 0 Å². The number of anilines is 1. The fourth-order valence-electron chi connectivity index (χ4n) is 2.57. The third-order valence-corrected chi connectivity index (χ3v) is 4.64. The number of amides is 2. The molecule has 0 saturated carbocycles. The van der Waals surface area contributed by atoms with E-state index < -0.39 is 23.7 Å².